The van der Waals surface area contributed by atoms with E-state index in [4.69, 9.17) is 25.8 Å². The predicted octanol–water partition coefficient (Wildman–Crippen LogP) is 4.38. The van der Waals surface area contributed by atoms with E-state index in [1.807, 2.05) is 24.3 Å². The van der Waals surface area contributed by atoms with Crippen LogP contribution in [0.15, 0.2) is 40.9 Å². The van der Waals surface area contributed by atoms with Crippen molar-refractivity contribution < 1.29 is 19.0 Å². The summed E-state index contributed by atoms with van der Waals surface area (Å²) in [6.07, 6.45) is 0.705. The van der Waals surface area contributed by atoms with Gasteiger partial charge in [0.15, 0.2) is 6.29 Å². The summed E-state index contributed by atoms with van der Waals surface area (Å²) in [6, 6.07) is 10.5. The van der Waals surface area contributed by atoms with Crippen LogP contribution in [0.25, 0.3) is 0 Å². The van der Waals surface area contributed by atoms with E-state index in [0.717, 1.165) is 11.5 Å². The van der Waals surface area contributed by atoms with E-state index in [0.29, 0.717) is 40.3 Å². The molecule has 0 N–H and O–H groups in total. The fourth-order valence-electron chi connectivity index (χ4n) is 1.80. The molecule has 0 saturated heterocycles. The smallest absolute Gasteiger partial charge is 0.153 e. The molecule has 2 aromatic rings. The van der Waals surface area contributed by atoms with Gasteiger partial charge in [-0.2, -0.15) is 0 Å². The Hall–Kier alpha value is -1.72. The molecule has 116 valence electrons. The maximum atomic E-state index is 11.0. The van der Waals surface area contributed by atoms with Gasteiger partial charge < -0.3 is 14.2 Å². The highest BCUT2D eigenvalue weighted by molar-refractivity contribution is 9.10. The van der Waals surface area contributed by atoms with Crippen LogP contribution in [0.1, 0.15) is 10.4 Å². The van der Waals surface area contributed by atoms with Crippen molar-refractivity contribution in [2.45, 2.75) is 0 Å². The molecule has 0 aliphatic heterocycles. The fourth-order valence-corrected chi connectivity index (χ4v) is 2.74. The lowest BCUT2D eigenvalue weighted by Crippen LogP contribution is -2.10. The van der Waals surface area contributed by atoms with Gasteiger partial charge in [-0.15, -0.1) is 0 Å². The van der Waals surface area contributed by atoms with Gasteiger partial charge >= 0.3 is 0 Å². The molecule has 2 aromatic carbocycles. The van der Waals surface area contributed by atoms with Gasteiger partial charge in [0.1, 0.15) is 30.5 Å². The zero-order valence-corrected chi connectivity index (χ0v) is 14.2. The quantitative estimate of drug-likeness (QED) is 0.524. The second-order valence-electron chi connectivity index (χ2n) is 4.30. The van der Waals surface area contributed by atoms with Gasteiger partial charge in [0.05, 0.1) is 17.1 Å². The molecule has 0 radical (unpaired) electrons. The van der Waals surface area contributed by atoms with Crippen molar-refractivity contribution in [2.24, 2.45) is 0 Å². The molecule has 2 rings (SSSR count). The molecule has 0 bridgehead atoms. The number of hydrogen-bond acceptors (Lipinski definition) is 4. The van der Waals surface area contributed by atoms with Gasteiger partial charge in [0, 0.05) is 5.02 Å². The van der Waals surface area contributed by atoms with Crippen molar-refractivity contribution in [3.8, 4) is 17.2 Å². The van der Waals surface area contributed by atoms with Gasteiger partial charge in [-0.25, -0.2) is 0 Å². The molecule has 22 heavy (non-hydrogen) atoms. The molecular formula is C16H14BrClO4. The highest BCUT2D eigenvalue weighted by Crippen LogP contribution is 2.31. The Labute approximate surface area is 142 Å². The van der Waals surface area contributed by atoms with Crippen molar-refractivity contribution in [1.82, 2.24) is 0 Å². The summed E-state index contributed by atoms with van der Waals surface area (Å²) in [7, 11) is 1.61. The Morgan fingerprint density at radius 2 is 1.73 bits per heavy atom. The molecule has 0 aliphatic carbocycles. The minimum atomic E-state index is 0.299. The molecule has 0 heterocycles. The van der Waals surface area contributed by atoms with Gasteiger partial charge in [-0.1, -0.05) is 11.6 Å². The summed E-state index contributed by atoms with van der Waals surface area (Å²) in [5.74, 6) is 1.94. The average Bonchev–Trinajstić information content (AvgIpc) is 2.53. The average molecular weight is 386 g/mol. The first-order valence-electron chi connectivity index (χ1n) is 6.48. The Kier molecular flexibility index (Phi) is 6.10. The largest absolute Gasteiger partial charge is 0.497 e. The molecule has 0 unspecified atom stereocenters. The second kappa shape index (κ2) is 8.06. The standard InChI is InChI=1S/C16H14BrClO4/c1-20-13-2-4-14(5-3-13)21-6-7-22-16-11(10-19)8-12(18)9-15(16)17/h2-5,8-10H,6-7H2,1H3. The van der Waals surface area contributed by atoms with Crippen LogP contribution in [-0.4, -0.2) is 26.6 Å². The van der Waals surface area contributed by atoms with Crippen LogP contribution in [0.5, 0.6) is 17.2 Å². The monoisotopic (exact) mass is 384 g/mol. The Balaban J connectivity index is 1.89. The van der Waals surface area contributed by atoms with Crippen molar-refractivity contribution in [2.75, 3.05) is 20.3 Å². The summed E-state index contributed by atoms with van der Waals surface area (Å²) in [4.78, 5) is 11.0. The topological polar surface area (TPSA) is 44.8 Å². The van der Waals surface area contributed by atoms with Gasteiger partial charge in [0.25, 0.3) is 0 Å². The lowest BCUT2D eigenvalue weighted by molar-refractivity contribution is 0.111. The number of hydrogen-bond donors (Lipinski definition) is 0. The zero-order chi connectivity index (χ0) is 15.9. The third kappa shape index (κ3) is 4.39. The maximum absolute atomic E-state index is 11.0. The molecule has 0 spiro atoms. The van der Waals surface area contributed by atoms with Crippen LogP contribution in [0.3, 0.4) is 0 Å². The number of carbonyl (C=O) groups is 1. The molecule has 0 amide bonds. The molecule has 4 nitrogen and oxygen atoms in total. The highest BCUT2D eigenvalue weighted by Gasteiger charge is 2.10. The second-order valence-corrected chi connectivity index (χ2v) is 5.59. The first-order valence-corrected chi connectivity index (χ1v) is 7.65. The summed E-state index contributed by atoms with van der Waals surface area (Å²) in [5, 5.41) is 0.468. The lowest BCUT2D eigenvalue weighted by Gasteiger charge is -2.12. The van der Waals surface area contributed by atoms with Crippen molar-refractivity contribution in [3.63, 3.8) is 0 Å². The molecular weight excluding hydrogens is 372 g/mol. The molecule has 0 atom stereocenters. The van der Waals surface area contributed by atoms with Gasteiger partial charge in [0.2, 0.25) is 0 Å². The zero-order valence-electron chi connectivity index (χ0n) is 11.8. The third-order valence-corrected chi connectivity index (χ3v) is 3.63. The van der Waals surface area contributed by atoms with E-state index in [1.54, 1.807) is 19.2 Å². The van der Waals surface area contributed by atoms with E-state index >= 15 is 0 Å². The molecule has 0 aliphatic rings. The van der Waals surface area contributed by atoms with Gasteiger partial charge in [-0.3, -0.25) is 4.79 Å². The van der Waals surface area contributed by atoms with Crippen LogP contribution in [0.4, 0.5) is 0 Å². The summed E-state index contributed by atoms with van der Waals surface area (Å²) >= 11 is 9.22. The predicted molar refractivity (Wildman–Crippen MR) is 88.5 cm³/mol. The van der Waals surface area contributed by atoms with E-state index in [-0.39, 0.29) is 0 Å². The highest BCUT2D eigenvalue weighted by atomic mass is 79.9. The number of methoxy groups -OCH3 is 1. The summed E-state index contributed by atoms with van der Waals surface area (Å²) < 4.78 is 16.9. The minimum absolute atomic E-state index is 0.299. The van der Waals surface area contributed by atoms with Crippen LogP contribution < -0.4 is 14.2 Å². The SMILES string of the molecule is COc1ccc(OCCOc2c(Br)cc(Cl)cc2C=O)cc1. The molecule has 6 heteroatoms. The Morgan fingerprint density at radius 1 is 1.09 bits per heavy atom. The fraction of sp³-hybridized carbons (Fsp3) is 0.188. The molecule has 0 fully saturated rings. The number of rotatable bonds is 7. The first kappa shape index (κ1) is 16.6. The third-order valence-electron chi connectivity index (χ3n) is 2.82. The normalized spacial score (nSPS) is 10.1. The maximum Gasteiger partial charge on any atom is 0.153 e. The number of carbonyl (C=O) groups excluding carboxylic acids is 1. The number of halogens is 2. The van der Waals surface area contributed by atoms with Gasteiger partial charge in [-0.05, 0) is 52.3 Å². The molecule has 0 aromatic heterocycles. The number of ether oxygens (including phenoxy) is 3. The van der Waals surface area contributed by atoms with E-state index in [1.165, 1.54) is 0 Å². The minimum Gasteiger partial charge on any atom is -0.497 e. The first-order chi connectivity index (χ1) is 10.6. The van der Waals surface area contributed by atoms with Crippen LogP contribution >= 0.6 is 27.5 Å². The number of benzene rings is 2. The summed E-state index contributed by atoms with van der Waals surface area (Å²) in [5.41, 5.74) is 0.392. The van der Waals surface area contributed by atoms with Crippen molar-refractivity contribution in [3.05, 3.63) is 51.5 Å². The summed E-state index contributed by atoms with van der Waals surface area (Å²) in [6.45, 7) is 0.646. The van der Waals surface area contributed by atoms with Crippen LogP contribution in [0, 0.1) is 0 Å². The van der Waals surface area contributed by atoms with E-state index < -0.39 is 0 Å². The van der Waals surface area contributed by atoms with Crippen molar-refractivity contribution in [1.29, 1.82) is 0 Å². The van der Waals surface area contributed by atoms with Crippen LogP contribution in [-0.2, 0) is 0 Å². The lowest BCUT2D eigenvalue weighted by atomic mass is 10.2. The van der Waals surface area contributed by atoms with E-state index in [9.17, 15) is 4.79 Å². The van der Waals surface area contributed by atoms with Crippen molar-refractivity contribution >= 4 is 33.8 Å². The van der Waals surface area contributed by atoms with E-state index in [2.05, 4.69) is 15.9 Å². The Bertz CT molecular complexity index is 643. The number of aldehydes is 1. The van der Waals surface area contributed by atoms with Crippen LogP contribution in [0.2, 0.25) is 5.02 Å². The molecule has 0 saturated carbocycles. The Morgan fingerprint density at radius 3 is 2.36 bits per heavy atom.